The summed E-state index contributed by atoms with van der Waals surface area (Å²) in [6.07, 6.45) is 7.21. The van der Waals surface area contributed by atoms with E-state index in [1.807, 2.05) is 6.07 Å². The summed E-state index contributed by atoms with van der Waals surface area (Å²) in [5.41, 5.74) is 7.33. The van der Waals surface area contributed by atoms with Crippen LogP contribution in [0.2, 0.25) is 0 Å². The normalized spacial score (nSPS) is 21.4. The zero-order valence-electron chi connectivity index (χ0n) is 8.07. The highest BCUT2D eigenvalue weighted by Crippen LogP contribution is 2.38. The van der Waals surface area contributed by atoms with Gasteiger partial charge in [0.05, 0.1) is 12.5 Å². The van der Waals surface area contributed by atoms with Crippen molar-refractivity contribution in [1.82, 2.24) is 0 Å². The minimum Gasteiger partial charge on any atom is -0.472 e. The van der Waals surface area contributed by atoms with E-state index in [-0.39, 0.29) is 0 Å². The minimum atomic E-state index is 0.296. The summed E-state index contributed by atoms with van der Waals surface area (Å²) in [7, 11) is 0. The largest absolute Gasteiger partial charge is 0.472 e. The van der Waals surface area contributed by atoms with Crippen LogP contribution in [-0.4, -0.2) is 6.04 Å². The van der Waals surface area contributed by atoms with E-state index in [0.717, 1.165) is 12.3 Å². The van der Waals surface area contributed by atoms with Gasteiger partial charge in [0.2, 0.25) is 0 Å². The van der Waals surface area contributed by atoms with E-state index < -0.39 is 0 Å². The van der Waals surface area contributed by atoms with Crippen molar-refractivity contribution in [2.24, 2.45) is 17.6 Å². The molecule has 2 rings (SSSR count). The first kappa shape index (κ1) is 8.82. The summed E-state index contributed by atoms with van der Waals surface area (Å²) in [4.78, 5) is 0. The maximum Gasteiger partial charge on any atom is 0.0935 e. The van der Waals surface area contributed by atoms with Crippen LogP contribution < -0.4 is 5.73 Å². The first-order valence-electron chi connectivity index (χ1n) is 5.04. The van der Waals surface area contributed by atoms with Crippen LogP contribution in [-0.2, 0) is 6.42 Å². The van der Waals surface area contributed by atoms with Crippen LogP contribution in [0.25, 0.3) is 0 Å². The Kier molecular flexibility index (Phi) is 2.40. The summed E-state index contributed by atoms with van der Waals surface area (Å²) in [6.45, 7) is 2.27. The molecule has 0 saturated heterocycles. The number of furan rings is 1. The minimum absolute atomic E-state index is 0.296. The zero-order valence-corrected chi connectivity index (χ0v) is 8.07. The summed E-state index contributed by atoms with van der Waals surface area (Å²) in [5, 5.41) is 0. The van der Waals surface area contributed by atoms with E-state index in [2.05, 4.69) is 6.92 Å². The fourth-order valence-corrected chi connectivity index (χ4v) is 1.84. The first-order valence-corrected chi connectivity index (χ1v) is 5.04. The Hall–Kier alpha value is -0.760. The third-order valence-corrected chi connectivity index (χ3v) is 3.09. The Morgan fingerprint density at radius 3 is 2.92 bits per heavy atom. The summed E-state index contributed by atoms with van der Waals surface area (Å²) < 4.78 is 5.02. The van der Waals surface area contributed by atoms with Crippen LogP contribution >= 0.6 is 0 Å². The van der Waals surface area contributed by atoms with Crippen molar-refractivity contribution >= 4 is 0 Å². The molecular formula is C11H17NO. The van der Waals surface area contributed by atoms with Gasteiger partial charge in [-0.25, -0.2) is 0 Å². The Morgan fingerprint density at radius 1 is 1.62 bits per heavy atom. The van der Waals surface area contributed by atoms with Gasteiger partial charge in [0.25, 0.3) is 0 Å². The number of rotatable bonds is 4. The van der Waals surface area contributed by atoms with Crippen LogP contribution in [0.5, 0.6) is 0 Å². The Morgan fingerprint density at radius 2 is 2.38 bits per heavy atom. The smallest absolute Gasteiger partial charge is 0.0935 e. The molecule has 72 valence electrons. The van der Waals surface area contributed by atoms with Crippen molar-refractivity contribution < 1.29 is 4.42 Å². The molecule has 0 bridgehead atoms. The highest BCUT2D eigenvalue weighted by Gasteiger charge is 2.31. The van der Waals surface area contributed by atoms with Crippen molar-refractivity contribution in [3.63, 3.8) is 0 Å². The second-order valence-electron chi connectivity index (χ2n) is 4.20. The van der Waals surface area contributed by atoms with Crippen molar-refractivity contribution in [3.8, 4) is 0 Å². The van der Waals surface area contributed by atoms with Crippen LogP contribution in [0, 0.1) is 11.8 Å². The molecule has 2 atom stereocenters. The highest BCUT2D eigenvalue weighted by atomic mass is 16.3. The number of nitrogens with two attached hydrogens (primary N) is 1. The summed E-state index contributed by atoms with van der Waals surface area (Å²) >= 11 is 0. The lowest BCUT2D eigenvalue weighted by Gasteiger charge is -2.18. The van der Waals surface area contributed by atoms with E-state index in [1.54, 1.807) is 12.5 Å². The van der Waals surface area contributed by atoms with Gasteiger partial charge in [0.1, 0.15) is 0 Å². The topological polar surface area (TPSA) is 39.2 Å². The Labute approximate surface area is 79.1 Å². The van der Waals surface area contributed by atoms with Crippen molar-refractivity contribution in [1.29, 1.82) is 0 Å². The SMILES string of the molecule is CC(C(N)Cc1ccoc1)C1CC1. The van der Waals surface area contributed by atoms with E-state index in [1.165, 1.54) is 18.4 Å². The molecule has 1 fully saturated rings. The maximum atomic E-state index is 6.11. The van der Waals surface area contributed by atoms with E-state index in [0.29, 0.717) is 12.0 Å². The van der Waals surface area contributed by atoms with Crippen LogP contribution in [0.3, 0.4) is 0 Å². The second-order valence-corrected chi connectivity index (χ2v) is 4.20. The van der Waals surface area contributed by atoms with Gasteiger partial charge in [-0.1, -0.05) is 6.92 Å². The van der Waals surface area contributed by atoms with Crippen LogP contribution in [0.4, 0.5) is 0 Å². The molecule has 2 unspecified atom stereocenters. The molecule has 1 heterocycles. The molecule has 2 heteroatoms. The van der Waals surface area contributed by atoms with Crippen molar-refractivity contribution in [3.05, 3.63) is 24.2 Å². The quantitative estimate of drug-likeness (QED) is 0.769. The lowest BCUT2D eigenvalue weighted by molar-refractivity contribution is 0.403. The van der Waals surface area contributed by atoms with Gasteiger partial charge < -0.3 is 10.2 Å². The molecule has 2 N–H and O–H groups in total. The molecular weight excluding hydrogens is 162 g/mol. The predicted molar refractivity (Wildman–Crippen MR) is 52.3 cm³/mol. The highest BCUT2D eigenvalue weighted by molar-refractivity contribution is 5.08. The fraction of sp³-hybridized carbons (Fsp3) is 0.636. The molecule has 0 radical (unpaired) electrons. The van der Waals surface area contributed by atoms with Gasteiger partial charge in [-0.2, -0.15) is 0 Å². The molecule has 1 aromatic heterocycles. The molecule has 0 amide bonds. The van der Waals surface area contributed by atoms with E-state index >= 15 is 0 Å². The number of hydrogen-bond donors (Lipinski definition) is 1. The van der Waals surface area contributed by atoms with Crippen molar-refractivity contribution in [2.75, 3.05) is 0 Å². The summed E-state index contributed by atoms with van der Waals surface area (Å²) in [6, 6.07) is 2.30. The zero-order chi connectivity index (χ0) is 9.26. The van der Waals surface area contributed by atoms with Gasteiger partial charge in [0, 0.05) is 6.04 Å². The Bertz CT molecular complexity index is 251. The molecule has 1 saturated carbocycles. The van der Waals surface area contributed by atoms with Gasteiger partial charge in [0.15, 0.2) is 0 Å². The van der Waals surface area contributed by atoms with Gasteiger partial charge in [-0.15, -0.1) is 0 Å². The molecule has 1 aliphatic rings. The molecule has 0 aromatic carbocycles. The van der Waals surface area contributed by atoms with Gasteiger partial charge in [-0.3, -0.25) is 0 Å². The third kappa shape index (κ3) is 2.13. The lowest BCUT2D eigenvalue weighted by atomic mass is 9.93. The predicted octanol–water partition coefficient (Wildman–Crippen LogP) is 2.20. The van der Waals surface area contributed by atoms with Gasteiger partial charge >= 0.3 is 0 Å². The standard InChI is InChI=1S/C11H17NO/c1-8(10-2-3-10)11(12)6-9-4-5-13-7-9/h4-5,7-8,10-11H,2-3,6,12H2,1H3. The summed E-state index contributed by atoms with van der Waals surface area (Å²) in [5.74, 6) is 1.55. The molecule has 0 spiro atoms. The monoisotopic (exact) mass is 179 g/mol. The average Bonchev–Trinajstić information content (AvgIpc) is 2.85. The van der Waals surface area contributed by atoms with Gasteiger partial charge in [-0.05, 0) is 42.7 Å². The second kappa shape index (κ2) is 3.54. The van der Waals surface area contributed by atoms with Crippen LogP contribution in [0.1, 0.15) is 25.3 Å². The molecule has 1 aliphatic carbocycles. The van der Waals surface area contributed by atoms with E-state index in [4.69, 9.17) is 10.2 Å². The average molecular weight is 179 g/mol. The number of hydrogen-bond acceptors (Lipinski definition) is 2. The molecule has 2 nitrogen and oxygen atoms in total. The third-order valence-electron chi connectivity index (χ3n) is 3.09. The van der Waals surface area contributed by atoms with Crippen molar-refractivity contribution in [2.45, 2.75) is 32.2 Å². The maximum absolute atomic E-state index is 6.11. The molecule has 1 aromatic rings. The Balaban J connectivity index is 1.86. The lowest BCUT2D eigenvalue weighted by Crippen LogP contribution is -2.31. The first-order chi connectivity index (χ1) is 6.27. The molecule has 13 heavy (non-hydrogen) atoms. The molecule has 0 aliphatic heterocycles. The fourth-order valence-electron chi connectivity index (χ4n) is 1.84. The van der Waals surface area contributed by atoms with E-state index in [9.17, 15) is 0 Å². The van der Waals surface area contributed by atoms with Crippen LogP contribution in [0.15, 0.2) is 23.0 Å².